The number of nitrogens with one attached hydrogen (secondary N) is 2. The molecule has 1 aliphatic heterocycles. The Balaban J connectivity index is 1.56. The lowest BCUT2D eigenvalue weighted by Gasteiger charge is -2.31. The fourth-order valence-electron chi connectivity index (χ4n) is 5.06. The van der Waals surface area contributed by atoms with Crippen molar-refractivity contribution in [2.24, 2.45) is 0 Å². The quantitative estimate of drug-likeness (QED) is 0.384. The number of carbonyl (C=O) groups excluding carboxylic acids is 3. The van der Waals surface area contributed by atoms with Crippen LogP contribution in [-0.2, 0) is 16.0 Å². The van der Waals surface area contributed by atoms with Crippen LogP contribution in [0.4, 0.5) is 8.78 Å². The van der Waals surface area contributed by atoms with Gasteiger partial charge in [0.1, 0.15) is 11.8 Å². The second kappa shape index (κ2) is 11.9. The molecule has 1 heterocycles. The van der Waals surface area contributed by atoms with Crippen LogP contribution in [0, 0.1) is 6.92 Å². The molecule has 4 unspecified atom stereocenters. The van der Waals surface area contributed by atoms with Gasteiger partial charge in [0.2, 0.25) is 5.91 Å². The lowest BCUT2D eigenvalue weighted by Crippen LogP contribution is -2.56. The van der Waals surface area contributed by atoms with Crippen LogP contribution in [0.5, 0.6) is 5.75 Å². The topological polar surface area (TPSA) is 119 Å². The van der Waals surface area contributed by atoms with E-state index < -0.39 is 54.8 Å². The number of aromatic hydroxyl groups is 1. The van der Waals surface area contributed by atoms with Crippen molar-refractivity contribution < 1.29 is 33.4 Å². The number of rotatable bonds is 8. The molecular formula is C29H33F2N3O5. The van der Waals surface area contributed by atoms with Crippen LogP contribution in [0.3, 0.4) is 0 Å². The number of aliphatic hydroxyl groups is 1. The number of hydrogen-bond donors (Lipinski definition) is 4. The van der Waals surface area contributed by atoms with Gasteiger partial charge in [0.05, 0.1) is 12.6 Å². The van der Waals surface area contributed by atoms with Gasteiger partial charge in [-0.1, -0.05) is 48.6 Å². The van der Waals surface area contributed by atoms with E-state index in [0.717, 1.165) is 17.7 Å². The van der Waals surface area contributed by atoms with Gasteiger partial charge >= 0.3 is 0 Å². The molecule has 10 heteroatoms. The zero-order chi connectivity index (χ0) is 28.2. The van der Waals surface area contributed by atoms with E-state index in [-0.39, 0.29) is 23.8 Å². The van der Waals surface area contributed by atoms with Gasteiger partial charge in [-0.05, 0) is 50.3 Å². The summed E-state index contributed by atoms with van der Waals surface area (Å²) in [6.07, 6.45) is 3.37. The van der Waals surface area contributed by atoms with Crippen LogP contribution in [-0.4, -0.2) is 69.5 Å². The lowest BCUT2D eigenvalue weighted by molar-refractivity contribution is -0.147. The number of likely N-dealkylation sites (tertiary alicyclic amines) is 1. The number of halogens is 2. The van der Waals surface area contributed by atoms with Crippen LogP contribution in [0.15, 0.2) is 60.7 Å². The molecule has 0 aromatic heterocycles. The third kappa shape index (κ3) is 6.81. The predicted molar refractivity (Wildman–Crippen MR) is 140 cm³/mol. The monoisotopic (exact) mass is 541 g/mol. The summed E-state index contributed by atoms with van der Waals surface area (Å²) >= 11 is 0. The van der Waals surface area contributed by atoms with Crippen molar-refractivity contribution in [1.29, 1.82) is 0 Å². The average molecular weight is 542 g/mol. The second-order valence-electron chi connectivity index (χ2n) is 10.2. The second-order valence-corrected chi connectivity index (χ2v) is 10.2. The summed E-state index contributed by atoms with van der Waals surface area (Å²) in [5, 5.41) is 26.5. The third-order valence-corrected chi connectivity index (χ3v) is 7.24. The molecule has 0 bridgehead atoms. The highest BCUT2D eigenvalue weighted by Crippen LogP contribution is 2.33. The van der Waals surface area contributed by atoms with Crippen molar-refractivity contribution in [3.8, 4) is 5.75 Å². The highest BCUT2D eigenvalue weighted by Gasteiger charge is 2.51. The van der Waals surface area contributed by atoms with Crippen molar-refractivity contribution in [2.75, 3.05) is 6.54 Å². The number of aliphatic hydroxyl groups excluding tert-OH is 1. The number of hydrogen-bond acceptors (Lipinski definition) is 5. The Morgan fingerprint density at radius 2 is 1.87 bits per heavy atom. The first-order valence-electron chi connectivity index (χ1n) is 13.0. The molecule has 3 amide bonds. The summed E-state index contributed by atoms with van der Waals surface area (Å²) in [7, 11) is 0. The smallest absolute Gasteiger partial charge is 0.267 e. The molecule has 1 saturated heterocycles. The Morgan fingerprint density at radius 1 is 1.13 bits per heavy atom. The van der Waals surface area contributed by atoms with E-state index in [0.29, 0.717) is 17.5 Å². The summed E-state index contributed by atoms with van der Waals surface area (Å²) in [4.78, 5) is 40.3. The molecule has 2 aromatic carbocycles. The maximum atomic E-state index is 14.5. The fourth-order valence-corrected chi connectivity index (χ4v) is 5.06. The number of benzene rings is 2. The molecule has 4 N–H and O–H groups in total. The minimum absolute atomic E-state index is 0.0192. The van der Waals surface area contributed by atoms with Gasteiger partial charge in [0.25, 0.3) is 17.7 Å². The molecular weight excluding hydrogens is 508 g/mol. The summed E-state index contributed by atoms with van der Waals surface area (Å²) in [5.74, 6) is -5.83. The van der Waals surface area contributed by atoms with E-state index >= 15 is 0 Å². The third-order valence-electron chi connectivity index (χ3n) is 7.24. The van der Waals surface area contributed by atoms with Gasteiger partial charge in [-0.25, -0.2) is 8.78 Å². The van der Waals surface area contributed by atoms with E-state index in [4.69, 9.17) is 0 Å². The molecule has 0 radical (unpaired) electrons. The van der Waals surface area contributed by atoms with E-state index in [2.05, 4.69) is 10.6 Å². The number of amides is 3. The van der Waals surface area contributed by atoms with Crippen molar-refractivity contribution in [1.82, 2.24) is 15.5 Å². The Bertz CT molecular complexity index is 1240. The largest absolute Gasteiger partial charge is 0.508 e. The molecule has 4 rings (SSSR count). The van der Waals surface area contributed by atoms with Gasteiger partial charge in [-0.3, -0.25) is 14.4 Å². The molecule has 4 atom stereocenters. The van der Waals surface area contributed by atoms with Gasteiger partial charge in [0.15, 0.2) is 6.10 Å². The summed E-state index contributed by atoms with van der Waals surface area (Å²) in [5.41, 5.74) is 1.13. The molecule has 2 aliphatic rings. The molecule has 0 saturated carbocycles. The standard InChI is InChI=1S/C29H33F2N3O5/c1-18-21(13-8-14-24(18)35)26(37)33-22(15-19-9-4-2-5-10-19)25(36)28(39)34-17-29(30,31)16-23(34)27(38)32-20-11-6-3-7-12-20/h2,4-6,8-11,13-14,20,22-23,25,35-36H,3,7,12,15-17H2,1H3,(H,32,38)(H,33,37). The van der Waals surface area contributed by atoms with E-state index in [1.807, 2.05) is 12.2 Å². The molecule has 0 spiro atoms. The Labute approximate surface area is 225 Å². The average Bonchev–Trinajstić information content (AvgIpc) is 3.25. The zero-order valence-corrected chi connectivity index (χ0v) is 21.6. The van der Waals surface area contributed by atoms with Gasteiger partial charge in [-0.15, -0.1) is 0 Å². The molecule has 1 fully saturated rings. The highest BCUT2D eigenvalue weighted by molar-refractivity contribution is 5.97. The van der Waals surface area contributed by atoms with E-state index in [1.165, 1.54) is 18.2 Å². The van der Waals surface area contributed by atoms with Crippen LogP contribution < -0.4 is 10.6 Å². The van der Waals surface area contributed by atoms with Gasteiger partial charge in [-0.2, -0.15) is 0 Å². The Hall–Kier alpha value is -3.79. The minimum Gasteiger partial charge on any atom is -0.508 e. The number of carbonyl (C=O) groups is 3. The summed E-state index contributed by atoms with van der Waals surface area (Å²) in [6.45, 7) is 0.536. The zero-order valence-electron chi connectivity index (χ0n) is 21.6. The first-order valence-corrected chi connectivity index (χ1v) is 13.0. The maximum Gasteiger partial charge on any atom is 0.267 e. The molecule has 208 valence electrons. The van der Waals surface area contributed by atoms with Crippen LogP contribution >= 0.6 is 0 Å². The number of nitrogens with zero attached hydrogens (tertiary/aromatic N) is 1. The van der Waals surface area contributed by atoms with Crippen molar-refractivity contribution in [2.45, 2.75) is 69.2 Å². The number of alkyl halides is 2. The molecule has 2 aromatic rings. The van der Waals surface area contributed by atoms with Crippen molar-refractivity contribution >= 4 is 17.7 Å². The molecule has 8 nitrogen and oxygen atoms in total. The van der Waals surface area contributed by atoms with Crippen molar-refractivity contribution in [3.63, 3.8) is 0 Å². The summed E-state index contributed by atoms with van der Waals surface area (Å²) in [6, 6.07) is 10.2. The fraction of sp³-hybridized carbons (Fsp3) is 0.414. The molecule has 39 heavy (non-hydrogen) atoms. The number of phenols is 1. The van der Waals surface area contributed by atoms with Crippen LogP contribution in [0.1, 0.15) is 47.2 Å². The normalized spacial score (nSPS) is 21.7. The van der Waals surface area contributed by atoms with Crippen molar-refractivity contribution in [3.05, 3.63) is 77.4 Å². The van der Waals surface area contributed by atoms with E-state index in [1.54, 1.807) is 37.3 Å². The van der Waals surface area contributed by atoms with Crippen LogP contribution in [0.2, 0.25) is 0 Å². The number of allylic oxidation sites excluding steroid dienone is 1. The van der Waals surface area contributed by atoms with Gasteiger partial charge in [0, 0.05) is 23.6 Å². The maximum absolute atomic E-state index is 14.5. The first kappa shape index (κ1) is 28.2. The molecule has 1 aliphatic carbocycles. The van der Waals surface area contributed by atoms with E-state index in [9.17, 15) is 33.4 Å². The Kier molecular flexibility index (Phi) is 8.64. The first-order chi connectivity index (χ1) is 18.6. The Morgan fingerprint density at radius 3 is 2.56 bits per heavy atom. The number of phenolic OH excluding ortho intramolecular Hbond substituents is 1. The van der Waals surface area contributed by atoms with Gasteiger partial charge < -0.3 is 25.7 Å². The highest BCUT2D eigenvalue weighted by atomic mass is 19.3. The SMILES string of the molecule is Cc1c(O)cccc1C(=O)NC(Cc1ccccc1)C(O)C(=O)N1CC(F)(F)CC1C(=O)NC1C=CCCC1. The lowest BCUT2D eigenvalue weighted by atomic mass is 9.98. The minimum atomic E-state index is -3.31. The predicted octanol–water partition coefficient (Wildman–Crippen LogP) is 2.86. The van der Waals surface area contributed by atoms with Crippen LogP contribution in [0.25, 0.3) is 0 Å². The summed E-state index contributed by atoms with van der Waals surface area (Å²) < 4.78 is 29.0.